The molecule has 0 saturated heterocycles. The number of hydrogen-bond donors (Lipinski definition) is 0. The number of amides is 2. The predicted octanol–water partition coefficient (Wildman–Crippen LogP) is 3.84. The Morgan fingerprint density at radius 3 is 2.28 bits per heavy atom. The Balaban J connectivity index is 2.16. The van der Waals surface area contributed by atoms with Gasteiger partial charge in [0, 0.05) is 18.5 Å². The smallest absolute Gasteiger partial charge is 0.306 e. The highest BCUT2D eigenvalue weighted by Crippen LogP contribution is 2.28. The Bertz CT molecular complexity index is 996. The van der Waals surface area contributed by atoms with Crippen LogP contribution < -0.4 is 9.47 Å². The molecule has 0 saturated carbocycles. The molecule has 0 atom stereocenters. The second-order valence-electron chi connectivity index (χ2n) is 9.29. The zero-order valence-electron chi connectivity index (χ0n) is 22.2. The molecule has 36 heavy (non-hydrogen) atoms. The van der Waals surface area contributed by atoms with Crippen molar-refractivity contribution in [2.45, 2.75) is 59.0 Å². The third-order valence-electron chi connectivity index (χ3n) is 5.65. The number of methoxy groups -OCH3 is 2. The maximum atomic E-state index is 13.5. The van der Waals surface area contributed by atoms with E-state index in [4.69, 9.17) is 18.6 Å². The van der Waals surface area contributed by atoms with Gasteiger partial charge in [0.1, 0.15) is 12.3 Å². The minimum absolute atomic E-state index is 0.0206. The van der Waals surface area contributed by atoms with Gasteiger partial charge in [-0.1, -0.05) is 6.07 Å². The van der Waals surface area contributed by atoms with Crippen LogP contribution in [0.4, 0.5) is 0 Å². The SMILES string of the molecule is CCOC(=O)CCC(=O)N(CC(=O)N(CCc1ccc(OC)c(OC)c1)Cc1ccco1)C(C)(C)C. The summed E-state index contributed by atoms with van der Waals surface area (Å²) < 4.78 is 21.1. The summed E-state index contributed by atoms with van der Waals surface area (Å²) in [5.74, 6) is 0.969. The summed E-state index contributed by atoms with van der Waals surface area (Å²) in [7, 11) is 3.16. The number of rotatable bonds is 13. The summed E-state index contributed by atoms with van der Waals surface area (Å²) in [5.41, 5.74) is 0.365. The number of esters is 1. The highest BCUT2D eigenvalue weighted by molar-refractivity contribution is 5.87. The van der Waals surface area contributed by atoms with Crippen LogP contribution in [0.2, 0.25) is 0 Å². The molecule has 0 aliphatic rings. The van der Waals surface area contributed by atoms with Crippen LogP contribution in [0.15, 0.2) is 41.0 Å². The molecule has 9 nitrogen and oxygen atoms in total. The van der Waals surface area contributed by atoms with Crippen molar-refractivity contribution in [3.63, 3.8) is 0 Å². The van der Waals surface area contributed by atoms with Gasteiger partial charge in [-0.25, -0.2) is 0 Å². The van der Waals surface area contributed by atoms with Gasteiger partial charge in [-0.3, -0.25) is 14.4 Å². The lowest BCUT2D eigenvalue weighted by atomic mass is 10.0. The summed E-state index contributed by atoms with van der Waals surface area (Å²) in [6.07, 6.45) is 2.09. The fourth-order valence-electron chi connectivity index (χ4n) is 3.69. The Morgan fingerprint density at radius 2 is 1.69 bits per heavy atom. The van der Waals surface area contributed by atoms with Gasteiger partial charge in [0.05, 0.1) is 40.1 Å². The zero-order valence-corrected chi connectivity index (χ0v) is 22.2. The molecule has 0 aliphatic carbocycles. The Labute approximate surface area is 213 Å². The lowest BCUT2D eigenvalue weighted by molar-refractivity contribution is -0.149. The van der Waals surface area contributed by atoms with Gasteiger partial charge in [0.15, 0.2) is 11.5 Å². The molecule has 9 heteroatoms. The number of furan rings is 1. The number of hydrogen-bond acceptors (Lipinski definition) is 7. The van der Waals surface area contributed by atoms with Crippen LogP contribution in [0.3, 0.4) is 0 Å². The van der Waals surface area contributed by atoms with Crippen molar-refractivity contribution in [2.75, 3.05) is 33.9 Å². The van der Waals surface area contributed by atoms with Crippen molar-refractivity contribution in [3.8, 4) is 11.5 Å². The fourth-order valence-corrected chi connectivity index (χ4v) is 3.69. The fraction of sp³-hybridized carbons (Fsp3) is 0.519. The second kappa shape index (κ2) is 13.6. The van der Waals surface area contributed by atoms with E-state index in [9.17, 15) is 14.4 Å². The second-order valence-corrected chi connectivity index (χ2v) is 9.29. The molecule has 0 bridgehead atoms. The predicted molar refractivity (Wildman–Crippen MR) is 135 cm³/mol. The van der Waals surface area contributed by atoms with Gasteiger partial charge in [0.2, 0.25) is 11.8 Å². The zero-order chi connectivity index (χ0) is 26.7. The van der Waals surface area contributed by atoms with E-state index in [0.29, 0.717) is 30.2 Å². The van der Waals surface area contributed by atoms with Gasteiger partial charge < -0.3 is 28.4 Å². The molecule has 1 aromatic carbocycles. The molecule has 2 amide bonds. The highest BCUT2D eigenvalue weighted by atomic mass is 16.5. The third kappa shape index (κ3) is 8.62. The van der Waals surface area contributed by atoms with Crippen LogP contribution in [0.25, 0.3) is 0 Å². The normalized spacial score (nSPS) is 11.1. The molecule has 2 rings (SSSR count). The van der Waals surface area contributed by atoms with Crippen molar-refractivity contribution >= 4 is 17.8 Å². The summed E-state index contributed by atoms with van der Waals surface area (Å²) in [5, 5.41) is 0. The van der Waals surface area contributed by atoms with Crippen LogP contribution in [0.5, 0.6) is 11.5 Å². The van der Waals surface area contributed by atoms with Crippen LogP contribution in [0.1, 0.15) is 51.9 Å². The number of benzene rings is 1. The lowest BCUT2D eigenvalue weighted by Crippen LogP contribution is -2.51. The molecule has 198 valence electrons. The van der Waals surface area contributed by atoms with Gasteiger partial charge in [-0.05, 0) is 63.9 Å². The van der Waals surface area contributed by atoms with E-state index in [1.165, 1.54) is 4.90 Å². The Morgan fingerprint density at radius 1 is 0.972 bits per heavy atom. The Hall–Kier alpha value is -3.49. The van der Waals surface area contributed by atoms with Gasteiger partial charge >= 0.3 is 5.97 Å². The monoisotopic (exact) mass is 502 g/mol. The van der Waals surface area contributed by atoms with E-state index in [2.05, 4.69) is 0 Å². The summed E-state index contributed by atoms with van der Waals surface area (Å²) >= 11 is 0. The van der Waals surface area contributed by atoms with Crippen LogP contribution in [-0.4, -0.2) is 67.0 Å². The topological polar surface area (TPSA) is 98.5 Å². The maximum Gasteiger partial charge on any atom is 0.306 e. The third-order valence-corrected chi connectivity index (χ3v) is 5.65. The molecule has 2 aromatic rings. The summed E-state index contributed by atoms with van der Waals surface area (Å²) in [4.78, 5) is 41.4. The first-order chi connectivity index (χ1) is 17.1. The van der Waals surface area contributed by atoms with Gasteiger partial charge in [-0.15, -0.1) is 0 Å². The van der Waals surface area contributed by atoms with Crippen LogP contribution in [0, 0.1) is 0 Å². The number of carbonyl (C=O) groups is 3. The molecule has 0 aliphatic heterocycles. The standard InChI is InChI=1S/C27H38N2O7/c1-7-35-26(32)13-12-24(30)29(27(2,3)4)19-25(31)28(18-21-9-8-16-36-21)15-14-20-10-11-22(33-5)23(17-20)34-6/h8-11,16-17H,7,12-15,18-19H2,1-6H3. The first kappa shape index (κ1) is 28.7. The largest absolute Gasteiger partial charge is 0.493 e. The van der Waals surface area contributed by atoms with Crippen molar-refractivity contribution in [1.29, 1.82) is 0 Å². The molecular formula is C27H38N2O7. The van der Waals surface area contributed by atoms with E-state index >= 15 is 0 Å². The van der Waals surface area contributed by atoms with Crippen LogP contribution >= 0.6 is 0 Å². The molecule has 0 fully saturated rings. The minimum Gasteiger partial charge on any atom is -0.493 e. The quantitative estimate of drug-likeness (QED) is 0.384. The summed E-state index contributed by atoms with van der Waals surface area (Å²) in [6.45, 7) is 8.14. The van der Waals surface area contributed by atoms with Crippen LogP contribution in [-0.2, 0) is 32.1 Å². The lowest BCUT2D eigenvalue weighted by Gasteiger charge is -2.36. The first-order valence-corrected chi connectivity index (χ1v) is 12.1. The number of ether oxygens (including phenoxy) is 3. The van der Waals surface area contributed by atoms with Crippen molar-refractivity contribution in [1.82, 2.24) is 9.80 Å². The Kier molecular flexibility index (Phi) is 10.8. The van der Waals surface area contributed by atoms with E-state index < -0.39 is 11.5 Å². The molecule has 0 unspecified atom stereocenters. The van der Waals surface area contributed by atoms with Crippen molar-refractivity contribution in [3.05, 3.63) is 47.9 Å². The van der Waals surface area contributed by atoms with Gasteiger partial charge in [0.25, 0.3) is 0 Å². The average Bonchev–Trinajstić information content (AvgIpc) is 3.35. The molecule has 0 spiro atoms. The average molecular weight is 503 g/mol. The summed E-state index contributed by atoms with van der Waals surface area (Å²) in [6, 6.07) is 9.22. The van der Waals surface area contributed by atoms with E-state index in [-0.39, 0.29) is 44.4 Å². The number of carbonyl (C=O) groups excluding carboxylic acids is 3. The van der Waals surface area contributed by atoms with Crippen molar-refractivity contribution < 1.29 is 33.0 Å². The molecule has 0 N–H and O–H groups in total. The molecule has 1 heterocycles. The van der Waals surface area contributed by atoms with Gasteiger partial charge in [-0.2, -0.15) is 0 Å². The van der Waals surface area contributed by atoms with E-state index in [0.717, 1.165) is 5.56 Å². The first-order valence-electron chi connectivity index (χ1n) is 12.1. The van der Waals surface area contributed by atoms with E-state index in [1.807, 2.05) is 45.0 Å². The minimum atomic E-state index is -0.610. The number of nitrogens with zero attached hydrogens (tertiary/aromatic N) is 2. The van der Waals surface area contributed by atoms with Crippen molar-refractivity contribution in [2.24, 2.45) is 0 Å². The maximum absolute atomic E-state index is 13.5. The molecule has 0 radical (unpaired) electrons. The van der Waals surface area contributed by atoms with E-state index in [1.54, 1.807) is 38.4 Å². The molecular weight excluding hydrogens is 464 g/mol. The highest BCUT2D eigenvalue weighted by Gasteiger charge is 2.30. The molecule has 1 aromatic heterocycles.